The van der Waals surface area contributed by atoms with Crippen LogP contribution in [-0.4, -0.2) is 19.1 Å². The molecule has 15 heavy (non-hydrogen) atoms. The van der Waals surface area contributed by atoms with E-state index in [-0.39, 0.29) is 22.1 Å². The third-order valence-corrected chi connectivity index (χ3v) is 5.00. The number of sulfone groups is 1. The lowest BCUT2D eigenvalue weighted by Crippen LogP contribution is -2.06. The zero-order valence-corrected chi connectivity index (χ0v) is 11.0. The quantitative estimate of drug-likeness (QED) is 0.631. The van der Waals surface area contributed by atoms with Crippen molar-refractivity contribution in [2.24, 2.45) is 0 Å². The highest BCUT2D eigenvalue weighted by atomic mass is 79.9. The van der Waals surface area contributed by atoms with E-state index in [1.54, 1.807) is 0 Å². The Morgan fingerprint density at radius 2 is 2.20 bits per heavy atom. The Balaban J connectivity index is 3.10. The molecule has 0 saturated heterocycles. The molecule has 0 saturated carbocycles. The number of hydrogen-bond acceptors (Lipinski definition) is 5. The van der Waals surface area contributed by atoms with Gasteiger partial charge >= 0.3 is 5.00 Å². The number of thiophene rings is 1. The fourth-order valence-electron chi connectivity index (χ4n) is 0.983. The summed E-state index contributed by atoms with van der Waals surface area (Å²) in [6, 6.07) is 1.48. The van der Waals surface area contributed by atoms with Crippen molar-refractivity contribution in [1.82, 2.24) is 0 Å². The van der Waals surface area contributed by atoms with Crippen LogP contribution in [0.25, 0.3) is 0 Å². The van der Waals surface area contributed by atoms with Gasteiger partial charge in [0, 0.05) is 5.75 Å². The summed E-state index contributed by atoms with van der Waals surface area (Å²) in [4.78, 5) is 10.0. The van der Waals surface area contributed by atoms with Crippen LogP contribution in [0.3, 0.4) is 0 Å². The van der Waals surface area contributed by atoms with Gasteiger partial charge in [0.1, 0.15) is 0 Å². The topological polar surface area (TPSA) is 77.3 Å². The van der Waals surface area contributed by atoms with Crippen LogP contribution < -0.4 is 0 Å². The van der Waals surface area contributed by atoms with Gasteiger partial charge in [0.05, 0.1) is 20.0 Å². The molecule has 0 unspecified atom stereocenters. The number of hydrogen-bond donors (Lipinski definition) is 0. The summed E-state index contributed by atoms with van der Waals surface area (Å²) in [7, 11) is -3.23. The third-order valence-electron chi connectivity index (χ3n) is 1.74. The molecule has 84 valence electrons. The predicted octanol–water partition coefficient (Wildman–Crippen LogP) is 2.35. The van der Waals surface area contributed by atoms with Crippen molar-refractivity contribution in [1.29, 1.82) is 0 Å². The van der Waals surface area contributed by atoms with Gasteiger partial charge in [0.2, 0.25) is 0 Å². The van der Waals surface area contributed by atoms with Crippen molar-refractivity contribution in [2.45, 2.75) is 12.7 Å². The van der Waals surface area contributed by atoms with Crippen molar-refractivity contribution in [3.8, 4) is 0 Å². The number of rotatable bonds is 4. The molecular weight excluding hydrogens is 306 g/mol. The molecule has 0 amide bonds. The van der Waals surface area contributed by atoms with Gasteiger partial charge < -0.3 is 0 Å². The number of nitrogens with zero attached hydrogens (tertiary/aromatic N) is 1. The van der Waals surface area contributed by atoms with Crippen molar-refractivity contribution >= 4 is 42.1 Å². The Morgan fingerprint density at radius 1 is 1.60 bits per heavy atom. The first-order valence-corrected chi connectivity index (χ1v) is 7.42. The first-order valence-electron chi connectivity index (χ1n) is 3.98. The molecule has 0 N–H and O–H groups in total. The summed E-state index contributed by atoms with van der Waals surface area (Å²) in [6.07, 6.45) is 0. The van der Waals surface area contributed by atoms with E-state index < -0.39 is 14.8 Å². The van der Waals surface area contributed by atoms with Crippen LogP contribution in [-0.2, 0) is 15.6 Å². The molecule has 0 spiro atoms. The van der Waals surface area contributed by atoms with Crippen LogP contribution in [0.2, 0.25) is 0 Å². The second-order valence-electron chi connectivity index (χ2n) is 2.81. The smallest absolute Gasteiger partial charge is 0.258 e. The van der Waals surface area contributed by atoms with Crippen molar-refractivity contribution < 1.29 is 13.3 Å². The summed E-state index contributed by atoms with van der Waals surface area (Å²) in [5, 5.41) is 10.5. The molecular formula is C7H8BrNO4S2. The minimum Gasteiger partial charge on any atom is -0.258 e. The molecule has 0 aromatic carbocycles. The molecule has 1 heterocycles. The Kier molecular flexibility index (Phi) is 3.85. The summed E-state index contributed by atoms with van der Waals surface area (Å²) in [5.41, 5.74) is 0.249. The monoisotopic (exact) mass is 313 g/mol. The molecule has 0 bridgehead atoms. The van der Waals surface area contributed by atoms with Gasteiger partial charge in [0.25, 0.3) is 0 Å². The van der Waals surface area contributed by atoms with E-state index >= 15 is 0 Å². The van der Waals surface area contributed by atoms with Crippen molar-refractivity contribution in [3.63, 3.8) is 0 Å². The van der Waals surface area contributed by atoms with E-state index in [0.717, 1.165) is 11.3 Å². The largest absolute Gasteiger partial charge is 0.329 e. The maximum absolute atomic E-state index is 11.3. The van der Waals surface area contributed by atoms with Gasteiger partial charge in [0.15, 0.2) is 9.84 Å². The summed E-state index contributed by atoms with van der Waals surface area (Å²) >= 11 is 4.03. The molecule has 0 fully saturated rings. The zero-order chi connectivity index (χ0) is 11.6. The van der Waals surface area contributed by atoms with Gasteiger partial charge in [-0.15, -0.1) is 0 Å². The molecule has 1 rings (SSSR count). The van der Waals surface area contributed by atoms with Crippen LogP contribution in [0.15, 0.2) is 9.85 Å². The normalized spacial score (nSPS) is 11.6. The van der Waals surface area contributed by atoms with Gasteiger partial charge in [-0.3, -0.25) is 10.1 Å². The Hall–Kier alpha value is -0.470. The molecule has 0 atom stereocenters. The third kappa shape index (κ3) is 3.25. The number of halogens is 1. The highest BCUT2D eigenvalue weighted by Crippen LogP contribution is 2.34. The Morgan fingerprint density at radius 3 is 2.67 bits per heavy atom. The van der Waals surface area contributed by atoms with Gasteiger partial charge in [-0.2, -0.15) is 0 Å². The molecule has 5 nitrogen and oxygen atoms in total. The minimum absolute atomic E-state index is 0.0162. The summed E-state index contributed by atoms with van der Waals surface area (Å²) in [5.74, 6) is -0.292. The summed E-state index contributed by atoms with van der Waals surface area (Å²) < 4.78 is 23.2. The van der Waals surface area contributed by atoms with E-state index in [1.807, 2.05) is 0 Å². The van der Waals surface area contributed by atoms with Gasteiger partial charge in [-0.05, 0) is 22.0 Å². The molecule has 0 radical (unpaired) electrons. The second kappa shape index (κ2) is 4.58. The van der Waals surface area contributed by atoms with Crippen molar-refractivity contribution in [3.05, 3.63) is 25.5 Å². The molecule has 0 aliphatic carbocycles. The first kappa shape index (κ1) is 12.6. The highest BCUT2D eigenvalue weighted by molar-refractivity contribution is 9.11. The van der Waals surface area contributed by atoms with E-state index in [9.17, 15) is 18.5 Å². The lowest BCUT2D eigenvalue weighted by molar-refractivity contribution is -0.380. The van der Waals surface area contributed by atoms with Gasteiger partial charge in [-0.25, -0.2) is 8.42 Å². The van der Waals surface area contributed by atoms with E-state index in [4.69, 9.17) is 0 Å². The van der Waals surface area contributed by atoms with Crippen LogP contribution in [0, 0.1) is 10.1 Å². The van der Waals surface area contributed by atoms with E-state index in [2.05, 4.69) is 15.9 Å². The van der Waals surface area contributed by atoms with E-state index in [1.165, 1.54) is 13.0 Å². The first-order chi connectivity index (χ1) is 6.85. The van der Waals surface area contributed by atoms with Crippen molar-refractivity contribution in [2.75, 3.05) is 5.75 Å². The second-order valence-corrected chi connectivity index (χ2v) is 7.58. The van der Waals surface area contributed by atoms with Crippen LogP contribution in [0.4, 0.5) is 5.00 Å². The SMILES string of the molecule is CCS(=O)(=O)Cc1cc(Br)sc1[N+](=O)[O-]. The molecule has 0 aliphatic rings. The predicted molar refractivity (Wildman–Crippen MR) is 61.8 cm³/mol. The molecule has 1 aromatic heterocycles. The number of nitro groups is 1. The minimum atomic E-state index is -3.23. The molecule has 0 aliphatic heterocycles. The fourth-order valence-corrected chi connectivity index (χ4v) is 3.43. The lowest BCUT2D eigenvalue weighted by atomic mass is 10.4. The van der Waals surface area contributed by atoms with Gasteiger partial charge in [-0.1, -0.05) is 18.3 Å². The maximum atomic E-state index is 11.3. The Bertz CT molecular complexity index is 479. The maximum Gasteiger partial charge on any atom is 0.329 e. The van der Waals surface area contributed by atoms with Crippen LogP contribution in [0.1, 0.15) is 12.5 Å². The molecule has 8 heteroatoms. The van der Waals surface area contributed by atoms with Crippen LogP contribution >= 0.6 is 27.3 Å². The molecule has 1 aromatic rings. The highest BCUT2D eigenvalue weighted by Gasteiger charge is 2.22. The fraction of sp³-hybridized carbons (Fsp3) is 0.429. The lowest BCUT2D eigenvalue weighted by Gasteiger charge is -1.97. The van der Waals surface area contributed by atoms with Crippen LogP contribution in [0.5, 0.6) is 0 Å². The van der Waals surface area contributed by atoms with E-state index in [0.29, 0.717) is 3.79 Å². The summed E-state index contributed by atoms with van der Waals surface area (Å²) in [6.45, 7) is 1.52. The average Bonchev–Trinajstić information content (AvgIpc) is 2.46. The average molecular weight is 314 g/mol. The zero-order valence-electron chi connectivity index (χ0n) is 7.77. The Labute approximate surface area is 99.3 Å². The standard InChI is InChI=1S/C7H8BrNO4S2/c1-2-15(12,13)4-5-3-6(8)14-7(5)9(10)11/h3H,2,4H2,1H3.